The number of hydrogen-bond acceptors (Lipinski definition) is 10. The van der Waals surface area contributed by atoms with Gasteiger partial charge in [0.25, 0.3) is 0 Å². The van der Waals surface area contributed by atoms with Gasteiger partial charge in [0.15, 0.2) is 23.0 Å². The Labute approximate surface area is 213 Å². The summed E-state index contributed by atoms with van der Waals surface area (Å²) in [6, 6.07) is 10.4. The Bertz CT molecular complexity index is 1260. The number of hydrogen-bond donors (Lipinski definition) is 3. The van der Waals surface area contributed by atoms with Crippen molar-refractivity contribution >= 4 is 29.2 Å². The molecule has 2 aliphatic rings. The highest BCUT2D eigenvalue weighted by Gasteiger charge is 2.25. The van der Waals surface area contributed by atoms with Crippen LogP contribution in [0.15, 0.2) is 42.6 Å². The van der Waals surface area contributed by atoms with Crippen LogP contribution in [-0.2, 0) is 0 Å². The lowest BCUT2D eigenvalue weighted by molar-refractivity contribution is 0.174. The Morgan fingerprint density at radius 3 is 2.54 bits per heavy atom. The van der Waals surface area contributed by atoms with Gasteiger partial charge in [0, 0.05) is 54.9 Å². The Morgan fingerprint density at radius 1 is 1.00 bits per heavy atom. The third-order valence-electron chi connectivity index (χ3n) is 6.04. The fraction of sp³-hybridized carbons (Fsp3) is 0.320. The molecule has 1 fully saturated rings. The number of fused-ring (bicyclic) bond motifs is 1. The summed E-state index contributed by atoms with van der Waals surface area (Å²) < 4.78 is 26.9. The fourth-order valence-corrected chi connectivity index (χ4v) is 4.28. The van der Waals surface area contributed by atoms with E-state index in [2.05, 4.69) is 30.8 Å². The second kappa shape index (κ2) is 10.6. The van der Waals surface area contributed by atoms with Gasteiger partial charge >= 0.3 is 6.03 Å². The normalized spacial score (nSPS) is 15.8. The highest BCUT2D eigenvalue weighted by atomic mass is 16.7. The summed E-state index contributed by atoms with van der Waals surface area (Å²) in [5.41, 5.74) is 1.32. The Balaban J connectivity index is 1.20. The number of methoxy groups -OCH3 is 3. The van der Waals surface area contributed by atoms with Gasteiger partial charge in [0.2, 0.25) is 18.5 Å². The molecule has 3 N–H and O–H groups in total. The van der Waals surface area contributed by atoms with Crippen LogP contribution in [0.5, 0.6) is 28.7 Å². The highest BCUT2D eigenvalue weighted by molar-refractivity contribution is 5.90. The molecule has 0 saturated carbocycles. The Kier molecular flexibility index (Phi) is 6.88. The van der Waals surface area contributed by atoms with Crippen molar-refractivity contribution in [1.29, 1.82) is 0 Å². The number of benzene rings is 2. The van der Waals surface area contributed by atoms with Gasteiger partial charge in [-0.05, 0) is 24.6 Å². The van der Waals surface area contributed by atoms with Gasteiger partial charge < -0.3 is 44.5 Å². The lowest BCUT2D eigenvalue weighted by Crippen LogP contribution is -2.39. The molecular formula is C25H28N6O6. The minimum Gasteiger partial charge on any atom is -0.493 e. The number of anilines is 4. The van der Waals surface area contributed by atoms with Crippen molar-refractivity contribution in [2.24, 2.45) is 0 Å². The van der Waals surface area contributed by atoms with Crippen LogP contribution in [0.3, 0.4) is 0 Å². The van der Waals surface area contributed by atoms with Crippen molar-refractivity contribution in [3.8, 4) is 28.7 Å². The first-order chi connectivity index (χ1) is 18.1. The van der Waals surface area contributed by atoms with Gasteiger partial charge in [-0.2, -0.15) is 4.98 Å². The zero-order valence-electron chi connectivity index (χ0n) is 20.7. The zero-order chi connectivity index (χ0) is 25.8. The van der Waals surface area contributed by atoms with Gasteiger partial charge in [-0.15, -0.1) is 0 Å². The van der Waals surface area contributed by atoms with Crippen LogP contribution in [0.25, 0.3) is 0 Å². The zero-order valence-corrected chi connectivity index (χ0v) is 20.7. The van der Waals surface area contributed by atoms with E-state index in [9.17, 15) is 4.79 Å². The smallest absolute Gasteiger partial charge is 0.319 e. The number of ether oxygens (including phenoxy) is 5. The van der Waals surface area contributed by atoms with Crippen LogP contribution < -0.4 is 44.5 Å². The van der Waals surface area contributed by atoms with Crippen molar-refractivity contribution in [1.82, 2.24) is 15.3 Å². The molecule has 1 saturated heterocycles. The molecule has 3 heterocycles. The fourth-order valence-electron chi connectivity index (χ4n) is 4.28. The van der Waals surface area contributed by atoms with Crippen LogP contribution >= 0.6 is 0 Å². The molecule has 3 aromatic rings. The number of carbonyl (C=O) groups excluding carboxylic acids is 1. The monoisotopic (exact) mass is 508 g/mol. The highest BCUT2D eigenvalue weighted by Crippen LogP contribution is 2.40. The van der Waals surface area contributed by atoms with E-state index in [-0.39, 0.29) is 18.9 Å². The van der Waals surface area contributed by atoms with E-state index in [1.165, 1.54) is 0 Å². The van der Waals surface area contributed by atoms with Crippen LogP contribution in [0.1, 0.15) is 6.42 Å². The van der Waals surface area contributed by atoms with Gasteiger partial charge in [-0.25, -0.2) is 9.78 Å². The van der Waals surface area contributed by atoms with Crippen LogP contribution in [0.4, 0.5) is 27.9 Å². The molecule has 0 bridgehead atoms. The third kappa shape index (κ3) is 5.32. The molecule has 12 nitrogen and oxygen atoms in total. The summed E-state index contributed by atoms with van der Waals surface area (Å²) in [7, 11) is 4.68. The molecule has 2 aromatic carbocycles. The van der Waals surface area contributed by atoms with E-state index in [0.29, 0.717) is 52.6 Å². The molecule has 1 aromatic heterocycles. The van der Waals surface area contributed by atoms with Gasteiger partial charge in [-0.1, -0.05) is 0 Å². The molecule has 2 amide bonds. The van der Waals surface area contributed by atoms with E-state index < -0.39 is 0 Å². The summed E-state index contributed by atoms with van der Waals surface area (Å²) in [5, 5.41) is 9.06. The van der Waals surface area contributed by atoms with Crippen molar-refractivity contribution in [2.75, 3.05) is 56.7 Å². The average Bonchev–Trinajstić information content (AvgIpc) is 3.57. The third-order valence-corrected chi connectivity index (χ3v) is 6.04. The molecule has 0 aliphatic carbocycles. The molecule has 5 rings (SSSR count). The van der Waals surface area contributed by atoms with E-state index in [0.717, 1.165) is 18.8 Å². The first-order valence-corrected chi connectivity index (χ1v) is 11.7. The largest absolute Gasteiger partial charge is 0.493 e. The second-order valence-corrected chi connectivity index (χ2v) is 8.38. The number of carbonyl (C=O) groups is 1. The first kappa shape index (κ1) is 24.1. The molecule has 1 unspecified atom stereocenters. The van der Waals surface area contributed by atoms with Crippen molar-refractivity contribution in [3.63, 3.8) is 0 Å². The number of aromatic nitrogens is 2. The molecule has 0 radical (unpaired) electrons. The van der Waals surface area contributed by atoms with Gasteiger partial charge in [0.05, 0.1) is 21.3 Å². The summed E-state index contributed by atoms with van der Waals surface area (Å²) in [6.07, 6.45) is 2.48. The lowest BCUT2D eigenvalue weighted by atomic mass is 10.2. The maximum Gasteiger partial charge on any atom is 0.319 e. The number of urea groups is 1. The minimum atomic E-state index is -0.279. The summed E-state index contributed by atoms with van der Waals surface area (Å²) >= 11 is 0. The number of nitrogens with one attached hydrogen (secondary N) is 3. The predicted molar refractivity (Wildman–Crippen MR) is 137 cm³/mol. The van der Waals surface area contributed by atoms with Crippen LogP contribution in [-0.4, -0.2) is 63.3 Å². The maximum atomic E-state index is 12.5. The molecule has 194 valence electrons. The summed E-state index contributed by atoms with van der Waals surface area (Å²) in [5.74, 6) is 4.00. The van der Waals surface area contributed by atoms with E-state index in [1.54, 1.807) is 57.9 Å². The molecule has 1 atom stereocenters. The molecule has 37 heavy (non-hydrogen) atoms. The molecular weight excluding hydrogens is 480 g/mol. The Morgan fingerprint density at radius 2 is 1.78 bits per heavy atom. The number of nitrogens with zero attached hydrogens (tertiary/aromatic N) is 3. The quantitative estimate of drug-likeness (QED) is 0.417. The SMILES string of the molecule is COc1cc(Nc2nccc(N3CCC(NC(=O)Nc4ccc5c(c4)OCO5)C3)n2)cc(OC)c1OC. The van der Waals surface area contributed by atoms with Gasteiger partial charge in [0.1, 0.15) is 5.82 Å². The topological polar surface area (TPSA) is 128 Å². The Hall–Kier alpha value is -4.61. The molecule has 2 aliphatic heterocycles. The van der Waals surface area contributed by atoms with Crippen molar-refractivity contribution in [2.45, 2.75) is 12.5 Å². The molecule has 0 spiro atoms. The van der Waals surface area contributed by atoms with E-state index >= 15 is 0 Å². The van der Waals surface area contributed by atoms with Crippen LogP contribution in [0.2, 0.25) is 0 Å². The maximum absolute atomic E-state index is 12.5. The second-order valence-electron chi connectivity index (χ2n) is 8.38. The van der Waals surface area contributed by atoms with Crippen molar-refractivity contribution < 1.29 is 28.5 Å². The van der Waals surface area contributed by atoms with Crippen molar-refractivity contribution in [3.05, 3.63) is 42.6 Å². The van der Waals surface area contributed by atoms with E-state index in [1.807, 2.05) is 6.07 Å². The predicted octanol–water partition coefficient (Wildman–Crippen LogP) is 3.38. The standard InChI is InChI=1S/C25H28N6O6/c1-33-20-11-17(12-21(34-2)23(20)35-3)27-24-26-8-6-22(30-24)31-9-7-16(13-31)29-25(32)28-15-4-5-18-19(10-15)37-14-36-18/h4-6,8,10-12,16H,7,9,13-14H2,1-3H3,(H,26,27,30)(H2,28,29,32). The van der Waals surface area contributed by atoms with E-state index in [4.69, 9.17) is 23.7 Å². The average molecular weight is 509 g/mol. The minimum absolute atomic E-state index is 0.0319. The first-order valence-electron chi connectivity index (χ1n) is 11.7. The summed E-state index contributed by atoms with van der Waals surface area (Å²) in [6.45, 7) is 1.55. The summed E-state index contributed by atoms with van der Waals surface area (Å²) in [4.78, 5) is 23.6. The lowest BCUT2D eigenvalue weighted by Gasteiger charge is -2.19. The molecule has 12 heteroatoms. The number of rotatable bonds is 8. The van der Waals surface area contributed by atoms with Crippen LogP contribution in [0, 0.1) is 0 Å². The number of amides is 2. The van der Waals surface area contributed by atoms with Gasteiger partial charge in [-0.3, -0.25) is 0 Å².